The molecule has 2 aliphatic rings. The van der Waals surface area contributed by atoms with E-state index in [2.05, 4.69) is 38.3 Å². The van der Waals surface area contributed by atoms with Crippen molar-refractivity contribution in [1.29, 1.82) is 0 Å². The van der Waals surface area contributed by atoms with E-state index < -0.39 is 0 Å². The van der Waals surface area contributed by atoms with E-state index in [4.69, 9.17) is 4.74 Å². The Morgan fingerprint density at radius 3 is 3.00 bits per heavy atom. The third kappa shape index (κ3) is 4.26. The Hall–Kier alpha value is -1.34. The zero-order chi connectivity index (χ0) is 17.1. The Balaban J connectivity index is 1.19. The molecule has 2 aromatic rings. The van der Waals surface area contributed by atoms with Gasteiger partial charge in [0.05, 0.1) is 18.8 Å². The summed E-state index contributed by atoms with van der Waals surface area (Å²) in [6.45, 7) is 6.03. The zero-order valence-electron chi connectivity index (χ0n) is 14.8. The van der Waals surface area contributed by atoms with Gasteiger partial charge in [-0.2, -0.15) is 0 Å². The maximum Gasteiger partial charge on any atom is 0.107 e. The van der Waals surface area contributed by atoms with Crippen molar-refractivity contribution >= 4 is 11.3 Å². The summed E-state index contributed by atoms with van der Waals surface area (Å²) in [4.78, 5) is 13.4. The summed E-state index contributed by atoms with van der Waals surface area (Å²) in [6, 6.07) is 4.14. The van der Waals surface area contributed by atoms with Crippen LogP contribution in [0.1, 0.15) is 23.4 Å². The van der Waals surface area contributed by atoms with Crippen LogP contribution in [0.5, 0.6) is 0 Å². The van der Waals surface area contributed by atoms with E-state index in [0.717, 1.165) is 39.3 Å². The van der Waals surface area contributed by atoms with Crippen LogP contribution in [-0.4, -0.2) is 58.7 Å². The maximum atomic E-state index is 6.32. The summed E-state index contributed by atoms with van der Waals surface area (Å²) >= 11 is 1.74. The summed E-state index contributed by atoms with van der Waals surface area (Å²) in [5, 5.41) is 3.26. The molecule has 0 amide bonds. The molecule has 4 heterocycles. The highest BCUT2D eigenvalue weighted by Crippen LogP contribution is 2.37. The Bertz CT molecular complexity index is 647. The predicted molar refractivity (Wildman–Crippen MR) is 99.4 cm³/mol. The number of aromatic nitrogens is 2. The number of ether oxygens (including phenoxy) is 1. The molecule has 1 spiro atoms. The second-order valence-electron chi connectivity index (χ2n) is 7.53. The lowest BCUT2D eigenvalue weighted by Gasteiger charge is -2.53. The lowest BCUT2D eigenvalue weighted by Crippen LogP contribution is -2.64. The molecule has 2 saturated heterocycles. The molecule has 5 nitrogen and oxygen atoms in total. The number of pyridine rings is 1. The molecule has 0 N–H and O–H groups in total. The Labute approximate surface area is 153 Å². The fraction of sp³-hybridized carbons (Fsp3) is 0.579. The van der Waals surface area contributed by atoms with Crippen molar-refractivity contribution in [3.05, 3.63) is 46.7 Å². The number of hydrogen-bond donors (Lipinski definition) is 0. The number of nitrogens with zero attached hydrogens (tertiary/aromatic N) is 4. The fourth-order valence-corrected chi connectivity index (χ4v) is 4.68. The Morgan fingerprint density at radius 1 is 1.40 bits per heavy atom. The molecule has 6 heteroatoms. The number of hydrogen-bond acceptors (Lipinski definition) is 6. The molecule has 2 aliphatic heterocycles. The van der Waals surface area contributed by atoms with Gasteiger partial charge in [0.15, 0.2) is 0 Å². The van der Waals surface area contributed by atoms with Crippen molar-refractivity contribution in [1.82, 2.24) is 19.8 Å². The van der Waals surface area contributed by atoms with Crippen molar-refractivity contribution < 1.29 is 4.74 Å². The maximum absolute atomic E-state index is 6.32. The van der Waals surface area contributed by atoms with Gasteiger partial charge >= 0.3 is 0 Å². The van der Waals surface area contributed by atoms with Gasteiger partial charge in [-0.05, 0) is 37.4 Å². The highest BCUT2D eigenvalue weighted by molar-refractivity contribution is 7.09. The summed E-state index contributed by atoms with van der Waals surface area (Å²) in [5.74, 6) is 0.639. The third-order valence-electron chi connectivity index (χ3n) is 5.24. The summed E-state index contributed by atoms with van der Waals surface area (Å²) in [5.41, 5.74) is 1.39. The average molecular weight is 359 g/mol. The zero-order valence-corrected chi connectivity index (χ0v) is 15.6. The average Bonchev–Trinajstić information content (AvgIpc) is 3.09. The van der Waals surface area contributed by atoms with Crippen molar-refractivity contribution in [2.24, 2.45) is 5.92 Å². The molecule has 1 atom stereocenters. The van der Waals surface area contributed by atoms with Gasteiger partial charge < -0.3 is 9.64 Å². The molecule has 4 rings (SSSR count). The van der Waals surface area contributed by atoms with Crippen LogP contribution in [0.2, 0.25) is 0 Å². The minimum absolute atomic E-state index is 0.121. The lowest BCUT2D eigenvalue weighted by atomic mass is 9.83. The minimum atomic E-state index is 0.121. The molecule has 0 saturated carbocycles. The lowest BCUT2D eigenvalue weighted by molar-refractivity contribution is -0.183. The van der Waals surface area contributed by atoms with E-state index in [1.54, 1.807) is 11.3 Å². The first kappa shape index (κ1) is 17.1. The van der Waals surface area contributed by atoms with Crippen molar-refractivity contribution in [2.45, 2.75) is 31.5 Å². The first-order valence-corrected chi connectivity index (χ1v) is 9.91. The van der Waals surface area contributed by atoms with Gasteiger partial charge in [-0.15, -0.1) is 11.3 Å². The molecule has 0 aromatic carbocycles. The van der Waals surface area contributed by atoms with Crippen molar-refractivity contribution in [3.8, 4) is 0 Å². The largest absolute Gasteiger partial charge is 0.372 e. The predicted octanol–water partition coefficient (Wildman–Crippen LogP) is 2.65. The summed E-state index contributed by atoms with van der Waals surface area (Å²) in [7, 11) is 2.19. The van der Waals surface area contributed by atoms with Gasteiger partial charge in [-0.3, -0.25) is 9.88 Å². The van der Waals surface area contributed by atoms with E-state index in [1.165, 1.54) is 23.4 Å². The van der Waals surface area contributed by atoms with Gasteiger partial charge in [0.1, 0.15) is 5.01 Å². The van der Waals surface area contributed by atoms with Gasteiger partial charge in [-0.25, -0.2) is 4.98 Å². The fourth-order valence-electron chi connectivity index (χ4n) is 4.02. The minimum Gasteiger partial charge on any atom is -0.372 e. The van der Waals surface area contributed by atoms with E-state index in [0.29, 0.717) is 5.92 Å². The molecule has 0 radical (unpaired) electrons. The van der Waals surface area contributed by atoms with Crippen LogP contribution in [0, 0.1) is 5.92 Å². The third-order valence-corrected chi connectivity index (χ3v) is 6.01. The van der Waals surface area contributed by atoms with Gasteiger partial charge in [0.2, 0.25) is 0 Å². The van der Waals surface area contributed by atoms with Crippen LogP contribution >= 0.6 is 11.3 Å². The first-order chi connectivity index (χ1) is 12.2. The van der Waals surface area contributed by atoms with Crippen molar-refractivity contribution in [3.63, 3.8) is 0 Å². The van der Waals surface area contributed by atoms with Gasteiger partial charge in [0.25, 0.3) is 0 Å². The number of thiazole rings is 1. The van der Waals surface area contributed by atoms with Crippen LogP contribution in [-0.2, 0) is 17.8 Å². The number of likely N-dealkylation sites (tertiary alicyclic amines) is 1. The van der Waals surface area contributed by atoms with Crippen molar-refractivity contribution in [2.75, 3.05) is 33.3 Å². The molecule has 0 bridgehead atoms. The molecular formula is C19H26N4OS. The van der Waals surface area contributed by atoms with Crippen LogP contribution in [0.25, 0.3) is 0 Å². The molecule has 2 aromatic heterocycles. The molecule has 0 aliphatic carbocycles. The summed E-state index contributed by atoms with van der Waals surface area (Å²) in [6.07, 6.45) is 8.12. The molecule has 1 unspecified atom stereocenters. The van der Waals surface area contributed by atoms with E-state index >= 15 is 0 Å². The van der Waals surface area contributed by atoms with E-state index in [-0.39, 0.29) is 5.60 Å². The SMILES string of the molecule is CN(Cc1cccnc1)CC1CCC2(CN(Cc3nccs3)C2)OC1. The molecule has 25 heavy (non-hydrogen) atoms. The monoisotopic (exact) mass is 358 g/mol. The van der Waals surface area contributed by atoms with Crippen LogP contribution in [0.4, 0.5) is 0 Å². The second-order valence-corrected chi connectivity index (χ2v) is 8.51. The molecule has 2 fully saturated rings. The van der Waals surface area contributed by atoms with E-state index in [1.807, 2.05) is 24.7 Å². The molecular weight excluding hydrogens is 332 g/mol. The van der Waals surface area contributed by atoms with Crippen LogP contribution < -0.4 is 0 Å². The Morgan fingerprint density at radius 2 is 2.32 bits per heavy atom. The van der Waals surface area contributed by atoms with Gasteiger partial charge in [-0.1, -0.05) is 6.07 Å². The topological polar surface area (TPSA) is 41.5 Å². The second kappa shape index (κ2) is 7.50. The summed E-state index contributed by atoms with van der Waals surface area (Å²) < 4.78 is 6.32. The quantitative estimate of drug-likeness (QED) is 0.794. The highest BCUT2D eigenvalue weighted by Gasteiger charge is 2.46. The van der Waals surface area contributed by atoms with Crippen LogP contribution in [0.15, 0.2) is 36.1 Å². The van der Waals surface area contributed by atoms with E-state index in [9.17, 15) is 0 Å². The number of rotatable bonds is 6. The Kier molecular flexibility index (Phi) is 5.12. The molecule has 134 valence electrons. The standard InChI is InChI=1S/C19H26N4OS/c1-22(10-16-3-2-6-20-9-16)11-17-4-5-19(24-13-17)14-23(15-19)12-18-21-7-8-25-18/h2-3,6-9,17H,4-5,10-15H2,1H3. The van der Waals surface area contributed by atoms with Gasteiger partial charge in [0, 0.05) is 50.1 Å². The first-order valence-electron chi connectivity index (χ1n) is 9.03. The normalized spacial score (nSPS) is 23.0. The highest BCUT2D eigenvalue weighted by atomic mass is 32.1. The van der Waals surface area contributed by atoms with Crippen LogP contribution in [0.3, 0.4) is 0 Å². The smallest absolute Gasteiger partial charge is 0.107 e.